The molecule has 1 heterocycles. The van der Waals surface area contributed by atoms with Crippen LogP contribution in [0.1, 0.15) is 15.9 Å². The second kappa shape index (κ2) is 3.33. The highest BCUT2D eigenvalue weighted by Crippen LogP contribution is 2.23. The lowest BCUT2D eigenvalue weighted by molar-refractivity contribution is 0.0796. The van der Waals surface area contributed by atoms with Crippen molar-refractivity contribution in [3.05, 3.63) is 29.3 Å². The molecule has 74 valence electrons. The van der Waals surface area contributed by atoms with Crippen molar-refractivity contribution in [1.82, 2.24) is 4.90 Å². The predicted molar refractivity (Wildman–Crippen MR) is 53.6 cm³/mol. The molecule has 0 aliphatic carbocycles. The fourth-order valence-electron chi connectivity index (χ4n) is 1.54. The number of fused-ring (bicyclic) bond motifs is 1. The number of rotatable bonds is 0. The first-order valence-electron chi connectivity index (χ1n) is 4.67. The van der Waals surface area contributed by atoms with Crippen LogP contribution in [0.5, 0.6) is 5.75 Å². The smallest absolute Gasteiger partial charge is 0.257 e. The van der Waals surface area contributed by atoms with E-state index in [4.69, 9.17) is 4.74 Å². The molecular weight excluding hydrogens is 178 g/mol. The molecule has 2 rings (SSSR count). The number of hydrogen-bond acceptors (Lipinski definition) is 2. The minimum absolute atomic E-state index is 0.0428. The Kier molecular flexibility index (Phi) is 2.15. The molecule has 0 spiro atoms. The maximum absolute atomic E-state index is 11.8. The minimum atomic E-state index is 0.0428. The molecule has 0 saturated carbocycles. The normalized spacial score (nSPS) is 15.9. The second-order valence-electron chi connectivity index (χ2n) is 3.57. The molecule has 0 saturated heterocycles. The van der Waals surface area contributed by atoms with Gasteiger partial charge in [0.1, 0.15) is 12.4 Å². The van der Waals surface area contributed by atoms with Gasteiger partial charge in [-0.25, -0.2) is 0 Å². The lowest BCUT2D eigenvalue weighted by atomic mass is 10.1. The standard InChI is InChI=1S/C11H13NO2/c1-8-3-4-10-9(7-8)11(13)12(2)5-6-14-10/h3-4,7H,5-6H2,1-2H3. The van der Waals surface area contributed by atoms with E-state index in [9.17, 15) is 4.79 Å². The van der Waals surface area contributed by atoms with E-state index < -0.39 is 0 Å². The van der Waals surface area contributed by atoms with E-state index in [0.29, 0.717) is 24.5 Å². The number of benzene rings is 1. The topological polar surface area (TPSA) is 29.5 Å². The molecule has 1 aromatic rings. The molecule has 1 aromatic carbocycles. The van der Waals surface area contributed by atoms with Crippen LogP contribution in [-0.4, -0.2) is 31.0 Å². The van der Waals surface area contributed by atoms with Gasteiger partial charge in [-0.3, -0.25) is 4.79 Å². The third kappa shape index (κ3) is 1.45. The number of ether oxygens (including phenoxy) is 1. The first kappa shape index (κ1) is 9.06. The molecule has 0 radical (unpaired) electrons. The zero-order valence-corrected chi connectivity index (χ0v) is 8.41. The summed E-state index contributed by atoms with van der Waals surface area (Å²) in [5.74, 6) is 0.742. The Morgan fingerprint density at radius 3 is 3.00 bits per heavy atom. The van der Waals surface area contributed by atoms with Gasteiger partial charge in [0.2, 0.25) is 0 Å². The zero-order chi connectivity index (χ0) is 10.1. The number of carbonyl (C=O) groups is 1. The van der Waals surface area contributed by atoms with Gasteiger partial charge in [-0.1, -0.05) is 11.6 Å². The van der Waals surface area contributed by atoms with Gasteiger partial charge in [0, 0.05) is 7.05 Å². The summed E-state index contributed by atoms with van der Waals surface area (Å²) in [5, 5.41) is 0. The van der Waals surface area contributed by atoms with E-state index in [-0.39, 0.29) is 5.91 Å². The SMILES string of the molecule is Cc1ccc2c(c1)C(=O)N(C)CCO2. The Bertz CT molecular complexity index is 374. The van der Waals surface area contributed by atoms with Crippen molar-refractivity contribution in [1.29, 1.82) is 0 Å². The van der Waals surface area contributed by atoms with Gasteiger partial charge in [-0.15, -0.1) is 0 Å². The molecule has 0 N–H and O–H groups in total. The van der Waals surface area contributed by atoms with E-state index in [0.717, 1.165) is 5.56 Å². The second-order valence-corrected chi connectivity index (χ2v) is 3.57. The first-order chi connectivity index (χ1) is 6.68. The van der Waals surface area contributed by atoms with Gasteiger partial charge >= 0.3 is 0 Å². The summed E-state index contributed by atoms with van der Waals surface area (Å²) in [6.07, 6.45) is 0. The highest BCUT2D eigenvalue weighted by atomic mass is 16.5. The minimum Gasteiger partial charge on any atom is -0.491 e. The molecule has 1 aliphatic rings. The lowest BCUT2D eigenvalue weighted by Gasteiger charge is -2.12. The van der Waals surface area contributed by atoms with Gasteiger partial charge in [0.15, 0.2) is 0 Å². The van der Waals surface area contributed by atoms with E-state index in [1.165, 1.54) is 0 Å². The van der Waals surface area contributed by atoms with Crippen LogP contribution in [0.4, 0.5) is 0 Å². The number of carbonyl (C=O) groups excluding carboxylic acids is 1. The third-order valence-corrected chi connectivity index (χ3v) is 2.40. The highest BCUT2D eigenvalue weighted by Gasteiger charge is 2.20. The quantitative estimate of drug-likeness (QED) is 0.621. The Morgan fingerprint density at radius 1 is 1.43 bits per heavy atom. The maximum Gasteiger partial charge on any atom is 0.257 e. The van der Waals surface area contributed by atoms with Crippen LogP contribution in [0, 0.1) is 6.92 Å². The summed E-state index contributed by atoms with van der Waals surface area (Å²) in [6, 6.07) is 5.69. The molecule has 0 atom stereocenters. The molecule has 3 heteroatoms. The third-order valence-electron chi connectivity index (χ3n) is 2.40. The molecule has 0 bridgehead atoms. The van der Waals surface area contributed by atoms with Crippen LogP contribution in [0.15, 0.2) is 18.2 Å². The molecule has 0 fully saturated rings. The van der Waals surface area contributed by atoms with Crippen LogP contribution in [-0.2, 0) is 0 Å². The molecular formula is C11H13NO2. The molecule has 14 heavy (non-hydrogen) atoms. The van der Waals surface area contributed by atoms with Crippen molar-refractivity contribution < 1.29 is 9.53 Å². The summed E-state index contributed by atoms with van der Waals surface area (Å²) >= 11 is 0. The van der Waals surface area contributed by atoms with Gasteiger partial charge in [0.25, 0.3) is 5.91 Å². The first-order valence-corrected chi connectivity index (χ1v) is 4.67. The molecule has 0 aromatic heterocycles. The van der Waals surface area contributed by atoms with Crippen LogP contribution >= 0.6 is 0 Å². The van der Waals surface area contributed by atoms with Crippen molar-refractivity contribution in [3.8, 4) is 5.75 Å². The fourth-order valence-corrected chi connectivity index (χ4v) is 1.54. The number of hydrogen-bond donors (Lipinski definition) is 0. The molecule has 3 nitrogen and oxygen atoms in total. The summed E-state index contributed by atoms with van der Waals surface area (Å²) in [4.78, 5) is 13.5. The van der Waals surface area contributed by atoms with Crippen molar-refractivity contribution >= 4 is 5.91 Å². The average molecular weight is 191 g/mol. The zero-order valence-electron chi connectivity index (χ0n) is 8.41. The Balaban J connectivity index is 2.50. The Hall–Kier alpha value is -1.51. The van der Waals surface area contributed by atoms with E-state index in [1.54, 1.807) is 11.9 Å². The molecule has 1 amide bonds. The van der Waals surface area contributed by atoms with Crippen LogP contribution < -0.4 is 4.74 Å². The largest absolute Gasteiger partial charge is 0.491 e. The number of aryl methyl sites for hydroxylation is 1. The van der Waals surface area contributed by atoms with Gasteiger partial charge in [-0.2, -0.15) is 0 Å². The predicted octanol–water partition coefficient (Wildman–Crippen LogP) is 1.46. The average Bonchev–Trinajstić information content (AvgIpc) is 2.30. The molecule has 0 unspecified atom stereocenters. The maximum atomic E-state index is 11.8. The summed E-state index contributed by atoms with van der Waals surface area (Å²) < 4.78 is 5.48. The van der Waals surface area contributed by atoms with E-state index in [2.05, 4.69) is 0 Å². The number of nitrogens with zero attached hydrogens (tertiary/aromatic N) is 1. The molecule has 1 aliphatic heterocycles. The Morgan fingerprint density at radius 2 is 2.21 bits per heavy atom. The van der Waals surface area contributed by atoms with Crippen molar-refractivity contribution in [2.45, 2.75) is 6.92 Å². The van der Waals surface area contributed by atoms with Crippen LogP contribution in [0.25, 0.3) is 0 Å². The van der Waals surface area contributed by atoms with Crippen molar-refractivity contribution in [2.75, 3.05) is 20.2 Å². The highest BCUT2D eigenvalue weighted by molar-refractivity contribution is 5.97. The van der Waals surface area contributed by atoms with Crippen LogP contribution in [0.2, 0.25) is 0 Å². The fraction of sp³-hybridized carbons (Fsp3) is 0.364. The van der Waals surface area contributed by atoms with Gasteiger partial charge in [-0.05, 0) is 19.1 Å². The number of likely N-dealkylation sites (N-methyl/N-ethyl adjacent to an activating group) is 1. The van der Waals surface area contributed by atoms with Crippen molar-refractivity contribution in [3.63, 3.8) is 0 Å². The van der Waals surface area contributed by atoms with Gasteiger partial charge in [0.05, 0.1) is 12.1 Å². The Labute approximate surface area is 83.3 Å². The summed E-state index contributed by atoms with van der Waals surface area (Å²) in [7, 11) is 1.79. The lowest BCUT2D eigenvalue weighted by Crippen LogP contribution is -2.27. The summed E-state index contributed by atoms with van der Waals surface area (Å²) in [5.41, 5.74) is 1.75. The van der Waals surface area contributed by atoms with Gasteiger partial charge < -0.3 is 9.64 Å². The van der Waals surface area contributed by atoms with E-state index in [1.807, 2.05) is 25.1 Å². The van der Waals surface area contributed by atoms with Crippen LogP contribution in [0.3, 0.4) is 0 Å². The number of amides is 1. The summed E-state index contributed by atoms with van der Waals surface area (Å²) in [6.45, 7) is 3.18. The van der Waals surface area contributed by atoms with E-state index >= 15 is 0 Å². The van der Waals surface area contributed by atoms with Crippen molar-refractivity contribution in [2.24, 2.45) is 0 Å². The monoisotopic (exact) mass is 191 g/mol.